The molecule has 4 nitrogen and oxygen atoms in total. The lowest BCUT2D eigenvalue weighted by Gasteiger charge is -2.34. The van der Waals surface area contributed by atoms with Gasteiger partial charge in [-0.05, 0) is 24.7 Å². The molecule has 6 atom stereocenters. The van der Waals surface area contributed by atoms with Gasteiger partial charge in [0.25, 0.3) is 0 Å². The molecule has 0 N–H and O–H groups in total. The van der Waals surface area contributed by atoms with E-state index in [2.05, 4.69) is 13.8 Å². The first-order valence-electron chi connectivity index (χ1n) is 12.5. The summed E-state index contributed by atoms with van der Waals surface area (Å²) in [5.74, 6) is -3.86. The molecule has 1 fully saturated rings. The van der Waals surface area contributed by atoms with Gasteiger partial charge in [0.1, 0.15) is 9.75 Å². The van der Waals surface area contributed by atoms with Gasteiger partial charge in [0.2, 0.25) is 0 Å². The van der Waals surface area contributed by atoms with Crippen LogP contribution in [0.3, 0.4) is 0 Å². The monoisotopic (exact) mass is 610 g/mol. The van der Waals surface area contributed by atoms with Gasteiger partial charge in [-0.2, -0.15) is 0 Å². The fourth-order valence-electron chi connectivity index (χ4n) is 4.96. The minimum Gasteiger partial charge on any atom is -0.465 e. The molecule has 0 spiro atoms. The number of alkyl halides is 4. The maximum absolute atomic E-state index is 13.5. The van der Waals surface area contributed by atoms with Gasteiger partial charge in [-0.3, -0.25) is 9.59 Å². The molecule has 0 aromatic rings. The van der Waals surface area contributed by atoms with Crippen LogP contribution in [0.2, 0.25) is 0 Å². The van der Waals surface area contributed by atoms with E-state index in [-0.39, 0.29) is 35.1 Å². The predicted octanol–water partition coefficient (Wildman–Crippen LogP) is 8.58. The Morgan fingerprint density at radius 2 is 1.09 bits per heavy atom. The van der Waals surface area contributed by atoms with E-state index in [4.69, 9.17) is 79.1 Å². The Morgan fingerprint density at radius 1 is 0.743 bits per heavy atom. The van der Waals surface area contributed by atoms with Crippen LogP contribution >= 0.6 is 69.6 Å². The summed E-state index contributed by atoms with van der Waals surface area (Å²) >= 11 is 40.0. The van der Waals surface area contributed by atoms with Gasteiger partial charge in [0.15, 0.2) is 4.33 Å². The minimum atomic E-state index is -2.05. The molecule has 0 unspecified atom stereocenters. The molecule has 202 valence electrons. The number of allylic oxidation sites excluding steroid dienone is 2. The van der Waals surface area contributed by atoms with Crippen LogP contribution in [0.1, 0.15) is 79.1 Å². The first-order valence-corrected chi connectivity index (χ1v) is 14.8. The number of fused-ring (bicyclic) bond motifs is 2. The van der Waals surface area contributed by atoms with Crippen molar-refractivity contribution in [2.75, 3.05) is 13.2 Å². The van der Waals surface area contributed by atoms with Crippen LogP contribution in [0, 0.1) is 23.7 Å². The van der Waals surface area contributed by atoms with E-state index in [1.165, 1.54) is 0 Å². The van der Waals surface area contributed by atoms with Gasteiger partial charge in [-0.15, -0.1) is 23.2 Å². The Morgan fingerprint density at radius 3 is 1.37 bits per heavy atom. The number of ether oxygens (including phenoxy) is 2. The molecule has 2 bridgehead atoms. The molecule has 2 aliphatic rings. The van der Waals surface area contributed by atoms with Crippen LogP contribution in [0.4, 0.5) is 0 Å². The number of carbonyl (C=O) groups excluding carboxylic acids is 2. The second-order valence-electron chi connectivity index (χ2n) is 9.67. The molecule has 2 aliphatic carbocycles. The fourth-order valence-corrected chi connectivity index (χ4v) is 7.88. The van der Waals surface area contributed by atoms with Crippen LogP contribution in [0.5, 0.6) is 0 Å². The second-order valence-corrected chi connectivity index (χ2v) is 12.9. The number of hydrogen-bond donors (Lipinski definition) is 0. The molecule has 0 amide bonds. The summed E-state index contributed by atoms with van der Waals surface area (Å²) in [6.07, 6.45) is 7.63. The normalized spacial score (nSPS) is 30.9. The van der Waals surface area contributed by atoms with Crippen LogP contribution in [0.15, 0.2) is 10.1 Å². The SMILES string of the molecule is CCCC[C@@H](CC)COC(=O)[C@@H]1[C@@H](C(=O)OC[C@@H](CC)CCCC)[C@@]2(Cl)C(Cl)=C(Cl)[C@@]1(Cl)C2(Cl)Cl. The summed E-state index contributed by atoms with van der Waals surface area (Å²) in [7, 11) is 0. The van der Waals surface area contributed by atoms with Crippen molar-refractivity contribution in [3.05, 3.63) is 10.1 Å². The number of esters is 2. The highest BCUT2D eigenvalue weighted by Crippen LogP contribution is 2.76. The lowest BCUT2D eigenvalue weighted by molar-refractivity contribution is -0.162. The number of hydrogen-bond acceptors (Lipinski definition) is 4. The molecule has 0 heterocycles. The summed E-state index contributed by atoms with van der Waals surface area (Å²) < 4.78 is 9.28. The zero-order valence-corrected chi connectivity index (χ0v) is 25.3. The van der Waals surface area contributed by atoms with E-state index in [0.29, 0.717) is 0 Å². The van der Waals surface area contributed by atoms with Gasteiger partial charge >= 0.3 is 11.9 Å². The smallest absolute Gasteiger partial charge is 0.312 e. The van der Waals surface area contributed by atoms with Crippen LogP contribution in [-0.2, 0) is 19.1 Å². The quantitative estimate of drug-likeness (QED) is 0.146. The highest BCUT2D eigenvalue weighted by Gasteiger charge is 2.86. The molecule has 0 aromatic carbocycles. The summed E-state index contributed by atoms with van der Waals surface area (Å²) in [5.41, 5.74) is 0. The molecule has 2 rings (SSSR count). The highest BCUT2D eigenvalue weighted by atomic mass is 35.5. The molecule has 0 radical (unpaired) electrons. The van der Waals surface area contributed by atoms with E-state index in [9.17, 15) is 9.59 Å². The Hall–Kier alpha value is 0.420. The van der Waals surface area contributed by atoms with Crippen LogP contribution in [-0.4, -0.2) is 39.2 Å². The third-order valence-electron chi connectivity index (χ3n) is 7.45. The first-order chi connectivity index (χ1) is 16.4. The van der Waals surface area contributed by atoms with Crippen molar-refractivity contribution >= 4 is 81.5 Å². The predicted molar refractivity (Wildman–Crippen MR) is 146 cm³/mol. The summed E-state index contributed by atoms with van der Waals surface area (Å²) in [5, 5.41) is -0.307. The fraction of sp³-hybridized carbons (Fsp3) is 0.840. The van der Waals surface area contributed by atoms with Crippen LogP contribution < -0.4 is 0 Å². The molecule has 0 aromatic heterocycles. The minimum absolute atomic E-state index is 0.153. The van der Waals surface area contributed by atoms with Crippen molar-refractivity contribution in [2.45, 2.75) is 93.1 Å². The molecule has 1 saturated carbocycles. The zero-order chi connectivity index (χ0) is 26.6. The molecule has 0 saturated heterocycles. The Bertz CT molecular complexity index is 741. The van der Waals surface area contributed by atoms with E-state index in [0.717, 1.165) is 51.4 Å². The third-order valence-corrected chi connectivity index (χ3v) is 11.7. The molecule has 10 heteroatoms. The highest BCUT2D eigenvalue weighted by molar-refractivity contribution is 6.66. The topological polar surface area (TPSA) is 52.6 Å². The van der Waals surface area contributed by atoms with Crippen molar-refractivity contribution in [3.8, 4) is 0 Å². The lowest BCUT2D eigenvalue weighted by Crippen LogP contribution is -2.47. The summed E-state index contributed by atoms with van der Waals surface area (Å²) in [4.78, 5) is 23.0. The van der Waals surface area contributed by atoms with Crippen molar-refractivity contribution < 1.29 is 19.1 Å². The van der Waals surface area contributed by atoms with E-state index >= 15 is 0 Å². The van der Waals surface area contributed by atoms with E-state index in [1.54, 1.807) is 0 Å². The number of halogens is 6. The third kappa shape index (κ3) is 5.59. The van der Waals surface area contributed by atoms with Crippen molar-refractivity contribution in [1.29, 1.82) is 0 Å². The van der Waals surface area contributed by atoms with Gasteiger partial charge < -0.3 is 9.47 Å². The second kappa shape index (κ2) is 13.0. The number of carbonyl (C=O) groups is 2. The molecule has 35 heavy (non-hydrogen) atoms. The average Bonchev–Trinajstić information content (AvgIpc) is 3.04. The van der Waals surface area contributed by atoms with E-state index in [1.807, 2.05) is 13.8 Å². The van der Waals surface area contributed by atoms with Gasteiger partial charge in [0, 0.05) is 0 Å². The number of unbranched alkanes of at least 4 members (excludes halogenated alkanes) is 2. The summed E-state index contributed by atoms with van der Waals surface area (Å²) in [6.45, 7) is 8.63. The van der Waals surface area contributed by atoms with Crippen LogP contribution in [0.25, 0.3) is 0 Å². The van der Waals surface area contributed by atoms with Crippen molar-refractivity contribution in [1.82, 2.24) is 0 Å². The Balaban J connectivity index is 2.35. The molecular formula is C25H36Cl6O4. The van der Waals surface area contributed by atoms with Crippen molar-refractivity contribution in [2.24, 2.45) is 23.7 Å². The van der Waals surface area contributed by atoms with Gasteiger partial charge in [-0.1, -0.05) is 113 Å². The Labute approximate surface area is 239 Å². The van der Waals surface area contributed by atoms with E-state index < -0.39 is 37.9 Å². The number of rotatable bonds is 14. The maximum Gasteiger partial charge on any atom is 0.312 e. The van der Waals surface area contributed by atoms with Gasteiger partial charge in [0.05, 0.1) is 35.1 Å². The average molecular weight is 613 g/mol. The zero-order valence-electron chi connectivity index (χ0n) is 20.8. The molecular weight excluding hydrogens is 577 g/mol. The largest absolute Gasteiger partial charge is 0.465 e. The first kappa shape index (κ1) is 31.6. The molecule has 0 aliphatic heterocycles. The Kier molecular flexibility index (Phi) is 11.7. The van der Waals surface area contributed by atoms with Gasteiger partial charge in [-0.25, -0.2) is 0 Å². The standard InChI is InChI=1S/C25H36Cl6O4/c1-5-9-11-15(7-3)13-34-21(32)17-18(22(33)35-14-16(8-4)12-10-6-2)24(29)20(27)19(26)23(17,28)25(24,30)31/h15-18H,5-14H2,1-4H3/t15-,16+,17-,18-,23+,24+/m0/s1. The summed E-state index contributed by atoms with van der Waals surface area (Å²) in [6, 6.07) is 0. The lowest BCUT2D eigenvalue weighted by atomic mass is 9.81. The maximum atomic E-state index is 13.5. The van der Waals surface area contributed by atoms with Crippen molar-refractivity contribution in [3.63, 3.8) is 0 Å².